The van der Waals surface area contributed by atoms with Gasteiger partial charge in [0.25, 0.3) is 5.91 Å². The van der Waals surface area contributed by atoms with Crippen molar-refractivity contribution >= 4 is 17.8 Å². The van der Waals surface area contributed by atoms with Crippen LogP contribution in [0, 0.1) is 17.3 Å². The minimum atomic E-state index is -0.832. The summed E-state index contributed by atoms with van der Waals surface area (Å²) in [4.78, 5) is 41.6. The first-order chi connectivity index (χ1) is 12.0. The molecule has 3 rings (SSSR count). The predicted octanol–water partition coefficient (Wildman–Crippen LogP) is 2.77. The van der Waals surface area contributed by atoms with Crippen LogP contribution in [0.1, 0.15) is 66.7 Å². The van der Waals surface area contributed by atoms with Gasteiger partial charge in [0.1, 0.15) is 12.1 Å². The maximum absolute atomic E-state index is 13.2. The number of carbonyl (C=O) groups excluding carboxylic acids is 3. The summed E-state index contributed by atoms with van der Waals surface area (Å²) in [6.07, 6.45) is 4.38. The van der Waals surface area contributed by atoms with E-state index in [-0.39, 0.29) is 29.8 Å². The maximum atomic E-state index is 13.2. The van der Waals surface area contributed by atoms with Crippen LogP contribution in [0.2, 0.25) is 0 Å². The van der Waals surface area contributed by atoms with Gasteiger partial charge in [-0.3, -0.25) is 14.5 Å². The molecule has 6 nitrogen and oxygen atoms in total. The summed E-state index contributed by atoms with van der Waals surface area (Å²) in [6.45, 7) is 11.1. The van der Waals surface area contributed by atoms with Crippen molar-refractivity contribution in [3.05, 3.63) is 0 Å². The monoisotopic (exact) mass is 363 g/mol. The molecule has 1 aliphatic heterocycles. The van der Waals surface area contributed by atoms with Crippen LogP contribution in [-0.4, -0.2) is 52.3 Å². The lowest BCUT2D eigenvalue weighted by Gasteiger charge is -2.43. The molecule has 0 aromatic carbocycles. The van der Waals surface area contributed by atoms with Crippen LogP contribution in [-0.2, 0) is 9.59 Å². The molecule has 1 saturated heterocycles. The molecular formula is C20H33N3O3. The number of urea groups is 1. The average Bonchev–Trinajstić information content (AvgIpc) is 3.28. The van der Waals surface area contributed by atoms with Gasteiger partial charge < -0.3 is 10.2 Å². The number of nitrogens with one attached hydrogen (secondary N) is 1. The molecule has 1 spiro atoms. The maximum Gasteiger partial charge on any atom is 0.325 e. The summed E-state index contributed by atoms with van der Waals surface area (Å²) in [7, 11) is 0. The Kier molecular flexibility index (Phi) is 4.82. The minimum Gasteiger partial charge on any atom is -0.338 e. The number of imide groups is 1. The molecule has 0 aromatic heterocycles. The molecule has 3 aliphatic rings. The van der Waals surface area contributed by atoms with Gasteiger partial charge in [0, 0.05) is 12.6 Å². The van der Waals surface area contributed by atoms with Crippen molar-refractivity contribution in [1.29, 1.82) is 0 Å². The van der Waals surface area contributed by atoms with Gasteiger partial charge in [-0.2, -0.15) is 0 Å². The van der Waals surface area contributed by atoms with Gasteiger partial charge in [0.2, 0.25) is 5.91 Å². The Labute approximate surface area is 156 Å². The summed E-state index contributed by atoms with van der Waals surface area (Å²) in [5.41, 5.74) is -0.834. The number of rotatable bonds is 5. The van der Waals surface area contributed by atoms with Gasteiger partial charge in [0.05, 0.1) is 0 Å². The van der Waals surface area contributed by atoms with Crippen molar-refractivity contribution in [1.82, 2.24) is 15.1 Å². The SMILES string of the molecule is CC(C)CN(C(=O)CN1C(=O)NC2(CC(C)CC(C)(C)C2)C1=O)C1CC1. The first-order valence-electron chi connectivity index (χ1n) is 9.96. The second-order valence-electron chi connectivity index (χ2n) is 9.93. The molecule has 0 radical (unpaired) electrons. The Morgan fingerprint density at radius 1 is 1.27 bits per heavy atom. The van der Waals surface area contributed by atoms with Gasteiger partial charge in [0.15, 0.2) is 0 Å². The summed E-state index contributed by atoms with van der Waals surface area (Å²) in [6, 6.07) is -0.123. The van der Waals surface area contributed by atoms with E-state index in [2.05, 4.69) is 39.9 Å². The molecule has 6 heteroatoms. The van der Waals surface area contributed by atoms with Crippen LogP contribution in [0.25, 0.3) is 0 Å². The van der Waals surface area contributed by atoms with Gasteiger partial charge in [-0.1, -0.05) is 34.6 Å². The van der Waals surface area contributed by atoms with Gasteiger partial charge in [-0.25, -0.2) is 4.79 Å². The third kappa shape index (κ3) is 3.74. The highest BCUT2D eigenvalue weighted by Gasteiger charge is 2.56. The zero-order chi connectivity index (χ0) is 19.3. The molecular weight excluding hydrogens is 330 g/mol. The van der Waals surface area contributed by atoms with Crippen LogP contribution in [0.4, 0.5) is 4.79 Å². The van der Waals surface area contributed by atoms with E-state index in [0.29, 0.717) is 31.2 Å². The van der Waals surface area contributed by atoms with Gasteiger partial charge in [-0.15, -0.1) is 0 Å². The van der Waals surface area contributed by atoms with Crippen molar-refractivity contribution in [3.8, 4) is 0 Å². The number of carbonyl (C=O) groups is 3. The van der Waals surface area contributed by atoms with Crippen molar-refractivity contribution in [3.63, 3.8) is 0 Å². The van der Waals surface area contributed by atoms with Crippen molar-refractivity contribution < 1.29 is 14.4 Å². The standard InChI is InChI=1S/C20H33N3O3/c1-13(2)10-22(15-6-7-15)16(24)11-23-17(25)20(21-18(23)26)9-14(3)8-19(4,5)12-20/h13-15H,6-12H2,1-5H3,(H,21,26). The van der Waals surface area contributed by atoms with Crippen molar-refractivity contribution in [2.45, 2.75) is 78.3 Å². The molecule has 2 saturated carbocycles. The summed E-state index contributed by atoms with van der Waals surface area (Å²) >= 11 is 0. The Bertz CT molecular complexity index is 611. The molecule has 4 amide bonds. The first-order valence-corrected chi connectivity index (χ1v) is 9.96. The van der Waals surface area contributed by atoms with E-state index in [9.17, 15) is 14.4 Å². The zero-order valence-electron chi connectivity index (χ0n) is 16.8. The molecule has 2 atom stereocenters. The Morgan fingerprint density at radius 3 is 2.46 bits per heavy atom. The fraction of sp³-hybridized carbons (Fsp3) is 0.850. The van der Waals surface area contributed by atoms with Crippen molar-refractivity contribution in [2.24, 2.45) is 17.3 Å². The number of hydrogen-bond acceptors (Lipinski definition) is 3. The lowest BCUT2D eigenvalue weighted by atomic mass is 9.64. The second-order valence-corrected chi connectivity index (χ2v) is 9.93. The molecule has 3 fully saturated rings. The van der Waals surface area contributed by atoms with Crippen LogP contribution >= 0.6 is 0 Å². The first kappa shape index (κ1) is 19.2. The van der Waals surface area contributed by atoms with E-state index in [1.165, 1.54) is 0 Å². The quantitative estimate of drug-likeness (QED) is 0.764. The number of hydrogen-bond donors (Lipinski definition) is 1. The second kappa shape index (κ2) is 6.54. The lowest BCUT2D eigenvalue weighted by Crippen LogP contribution is -2.54. The average molecular weight is 364 g/mol. The summed E-state index contributed by atoms with van der Waals surface area (Å²) < 4.78 is 0. The minimum absolute atomic E-state index is 0.00167. The van der Waals surface area contributed by atoms with E-state index in [1.807, 2.05) is 4.90 Å². The fourth-order valence-electron chi connectivity index (χ4n) is 5.11. The fourth-order valence-corrected chi connectivity index (χ4v) is 5.11. The van der Waals surface area contributed by atoms with Crippen LogP contribution in [0.3, 0.4) is 0 Å². The molecule has 0 aromatic rings. The highest BCUT2D eigenvalue weighted by atomic mass is 16.2. The molecule has 1 heterocycles. The van der Waals surface area contributed by atoms with E-state index in [4.69, 9.17) is 0 Å². The molecule has 2 aliphatic carbocycles. The highest BCUT2D eigenvalue weighted by Crippen LogP contribution is 2.46. The zero-order valence-corrected chi connectivity index (χ0v) is 16.8. The van der Waals surface area contributed by atoms with Crippen molar-refractivity contribution in [2.75, 3.05) is 13.1 Å². The Balaban J connectivity index is 1.74. The highest BCUT2D eigenvalue weighted by molar-refractivity contribution is 6.09. The summed E-state index contributed by atoms with van der Waals surface area (Å²) in [5, 5.41) is 2.95. The molecule has 2 unspecified atom stereocenters. The van der Waals surface area contributed by atoms with E-state index in [1.54, 1.807) is 0 Å². The normalized spacial score (nSPS) is 30.8. The predicted molar refractivity (Wildman–Crippen MR) is 99.3 cm³/mol. The lowest BCUT2D eigenvalue weighted by molar-refractivity contribution is -0.141. The topological polar surface area (TPSA) is 69.7 Å². The molecule has 146 valence electrons. The van der Waals surface area contributed by atoms with Gasteiger partial charge in [-0.05, 0) is 49.4 Å². The van der Waals surface area contributed by atoms with E-state index < -0.39 is 11.6 Å². The summed E-state index contributed by atoms with van der Waals surface area (Å²) in [5.74, 6) is 0.414. The third-order valence-electron chi connectivity index (χ3n) is 5.79. The molecule has 1 N–H and O–H groups in total. The molecule has 26 heavy (non-hydrogen) atoms. The number of amides is 4. The third-order valence-corrected chi connectivity index (χ3v) is 5.79. The van der Waals surface area contributed by atoms with Crippen LogP contribution in [0.5, 0.6) is 0 Å². The largest absolute Gasteiger partial charge is 0.338 e. The Morgan fingerprint density at radius 2 is 1.92 bits per heavy atom. The van der Waals surface area contributed by atoms with E-state index in [0.717, 1.165) is 24.2 Å². The molecule has 0 bridgehead atoms. The number of nitrogens with zero attached hydrogens (tertiary/aromatic N) is 2. The van der Waals surface area contributed by atoms with E-state index >= 15 is 0 Å². The van der Waals surface area contributed by atoms with Crippen LogP contribution in [0.15, 0.2) is 0 Å². The Hall–Kier alpha value is -1.59. The smallest absolute Gasteiger partial charge is 0.325 e. The van der Waals surface area contributed by atoms with Crippen LogP contribution < -0.4 is 5.32 Å². The van der Waals surface area contributed by atoms with Gasteiger partial charge >= 0.3 is 6.03 Å².